The highest BCUT2D eigenvalue weighted by Crippen LogP contribution is 2.20. The summed E-state index contributed by atoms with van der Waals surface area (Å²) in [5.74, 6) is -0.283. The van der Waals surface area contributed by atoms with Gasteiger partial charge >= 0.3 is 0 Å². The summed E-state index contributed by atoms with van der Waals surface area (Å²) in [5, 5.41) is 6.56. The van der Waals surface area contributed by atoms with Gasteiger partial charge in [0.05, 0.1) is 17.1 Å². The van der Waals surface area contributed by atoms with Crippen molar-refractivity contribution in [3.8, 4) is 0 Å². The van der Waals surface area contributed by atoms with Gasteiger partial charge in [-0.2, -0.15) is 9.40 Å². The minimum Gasteiger partial charge on any atom is -0.311 e. The molecule has 1 aromatic heterocycles. The number of nitrogens with zero attached hydrogens (tertiary/aromatic N) is 3. The molecule has 0 aliphatic rings. The van der Waals surface area contributed by atoms with E-state index in [-0.39, 0.29) is 17.3 Å². The first kappa shape index (κ1) is 18.8. The molecule has 140 valence electrons. The number of carbonyl (C=O) groups excluding carboxylic acids is 1. The topological polar surface area (TPSA) is 86.4 Å². The number of para-hydroxylation sites is 1. The first-order chi connectivity index (χ1) is 12.9. The molecule has 0 aliphatic carbocycles. The molecule has 27 heavy (non-hydrogen) atoms. The molecule has 0 spiro atoms. The largest absolute Gasteiger partial charge is 0.311 e. The van der Waals surface area contributed by atoms with Gasteiger partial charge in [-0.1, -0.05) is 24.3 Å². The van der Waals surface area contributed by atoms with Gasteiger partial charge in [-0.15, -0.1) is 0 Å². The molecule has 0 aliphatic heterocycles. The van der Waals surface area contributed by atoms with E-state index in [0.29, 0.717) is 11.3 Å². The molecule has 8 heteroatoms. The smallest absolute Gasteiger partial charge is 0.258 e. The maximum atomic E-state index is 12.8. The summed E-state index contributed by atoms with van der Waals surface area (Å²) in [7, 11) is -0.604. The summed E-state index contributed by atoms with van der Waals surface area (Å²) >= 11 is 0. The number of carbonyl (C=O) groups is 1. The summed E-state index contributed by atoms with van der Waals surface area (Å²) in [6.45, 7) is 0.157. The third-order valence-electron chi connectivity index (χ3n) is 4.19. The molecule has 0 saturated heterocycles. The van der Waals surface area contributed by atoms with Crippen LogP contribution in [0.5, 0.6) is 0 Å². The Kier molecular flexibility index (Phi) is 5.38. The monoisotopic (exact) mass is 384 g/mol. The number of anilines is 1. The van der Waals surface area contributed by atoms with Crippen molar-refractivity contribution >= 4 is 21.6 Å². The molecule has 0 fully saturated rings. The molecule has 3 rings (SSSR count). The number of amides is 1. The summed E-state index contributed by atoms with van der Waals surface area (Å²) in [6, 6.07) is 16.9. The van der Waals surface area contributed by atoms with Crippen molar-refractivity contribution in [3.63, 3.8) is 0 Å². The van der Waals surface area contributed by atoms with Crippen LogP contribution in [0.25, 0.3) is 0 Å². The van der Waals surface area contributed by atoms with Crippen LogP contribution in [0.3, 0.4) is 0 Å². The van der Waals surface area contributed by atoms with Crippen molar-refractivity contribution < 1.29 is 13.2 Å². The zero-order chi connectivity index (χ0) is 19.4. The average Bonchev–Trinajstić information content (AvgIpc) is 3.20. The Labute approximate surface area is 158 Å². The zero-order valence-electron chi connectivity index (χ0n) is 15.0. The fourth-order valence-corrected chi connectivity index (χ4v) is 3.83. The van der Waals surface area contributed by atoms with E-state index in [1.165, 1.54) is 28.4 Å². The van der Waals surface area contributed by atoms with E-state index in [2.05, 4.69) is 10.2 Å². The second-order valence-electron chi connectivity index (χ2n) is 6.07. The average molecular weight is 384 g/mol. The predicted molar refractivity (Wildman–Crippen MR) is 103 cm³/mol. The molecule has 0 unspecified atom stereocenters. The third-order valence-corrected chi connectivity index (χ3v) is 5.99. The summed E-state index contributed by atoms with van der Waals surface area (Å²) < 4.78 is 26.9. The standard InChI is InChI=1S/C19H20N4O3S/c1-22(14-16-11-12-20-21-16)27(25,26)18-10-6-7-15(13-18)19(24)23(2)17-8-4-3-5-9-17/h3-13H,14H2,1-2H3,(H,20,21). The van der Waals surface area contributed by atoms with Crippen molar-refractivity contribution in [2.75, 3.05) is 19.0 Å². The molecule has 3 aromatic rings. The first-order valence-corrected chi connectivity index (χ1v) is 9.71. The van der Waals surface area contributed by atoms with Crippen LogP contribution in [0.1, 0.15) is 16.1 Å². The molecule has 2 aromatic carbocycles. The fraction of sp³-hybridized carbons (Fsp3) is 0.158. The van der Waals surface area contributed by atoms with E-state index in [4.69, 9.17) is 0 Å². The zero-order valence-corrected chi connectivity index (χ0v) is 15.8. The summed E-state index contributed by atoms with van der Waals surface area (Å²) in [4.78, 5) is 14.3. The van der Waals surface area contributed by atoms with Gasteiger partial charge in [0.15, 0.2) is 0 Å². The highest BCUT2D eigenvalue weighted by atomic mass is 32.2. The van der Waals surface area contributed by atoms with Crippen molar-refractivity contribution in [2.24, 2.45) is 0 Å². The van der Waals surface area contributed by atoms with E-state index in [1.54, 1.807) is 31.4 Å². The number of aromatic nitrogens is 2. The van der Waals surface area contributed by atoms with Crippen LogP contribution in [-0.4, -0.2) is 42.9 Å². The van der Waals surface area contributed by atoms with Gasteiger partial charge in [0.1, 0.15) is 0 Å². The van der Waals surface area contributed by atoms with Crippen molar-refractivity contribution in [1.29, 1.82) is 0 Å². The van der Waals surface area contributed by atoms with Gasteiger partial charge in [-0.25, -0.2) is 8.42 Å². The number of aromatic amines is 1. The number of nitrogens with one attached hydrogen (secondary N) is 1. The molecule has 0 atom stereocenters. The number of benzene rings is 2. The van der Waals surface area contributed by atoms with E-state index in [9.17, 15) is 13.2 Å². The quantitative estimate of drug-likeness (QED) is 0.707. The number of hydrogen-bond acceptors (Lipinski definition) is 4. The van der Waals surface area contributed by atoms with Gasteiger partial charge in [-0.3, -0.25) is 9.89 Å². The van der Waals surface area contributed by atoms with Crippen LogP contribution in [0.15, 0.2) is 71.8 Å². The normalized spacial score (nSPS) is 11.5. The van der Waals surface area contributed by atoms with Gasteiger partial charge < -0.3 is 4.90 Å². The molecule has 1 N–H and O–H groups in total. The lowest BCUT2D eigenvalue weighted by molar-refractivity contribution is 0.0993. The van der Waals surface area contributed by atoms with Crippen LogP contribution in [0, 0.1) is 0 Å². The third kappa shape index (κ3) is 4.07. The van der Waals surface area contributed by atoms with Crippen LogP contribution in [0.2, 0.25) is 0 Å². The van der Waals surface area contributed by atoms with E-state index in [1.807, 2.05) is 30.3 Å². The molecule has 0 radical (unpaired) electrons. The predicted octanol–water partition coefficient (Wildman–Crippen LogP) is 2.51. The van der Waals surface area contributed by atoms with E-state index in [0.717, 1.165) is 5.69 Å². The van der Waals surface area contributed by atoms with Crippen LogP contribution in [0.4, 0.5) is 5.69 Å². The van der Waals surface area contributed by atoms with Gasteiger partial charge in [0.2, 0.25) is 10.0 Å². The Morgan fingerprint density at radius 3 is 2.44 bits per heavy atom. The summed E-state index contributed by atoms with van der Waals surface area (Å²) in [5.41, 5.74) is 1.71. The maximum absolute atomic E-state index is 12.8. The lowest BCUT2D eigenvalue weighted by Crippen LogP contribution is -2.28. The maximum Gasteiger partial charge on any atom is 0.258 e. The Hall–Kier alpha value is -2.97. The van der Waals surface area contributed by atoms with Gasteiger partial charge in [0.25, 0.3) is 5.91 Å². The Bertz CT molecular complexity index is 1020. The Morgan fingerprint density at radius 2 is 1.78 bits per heavy atom. The molecular weight excluding hydrogens is 364 g/mol. The second-order valence-corrected chi connectivity index (χ2v) is 8.12. The highest BCUT2D eigenvalue weighted by Gasteiger charge is 2.23. The number of H-pyrrole nitrogens is 1. The van der Waals surface area contributed by atoms with Crippen molar-refractivity contribution in [3.05, 3.63) is 78.1 Å². The van der Waals surface area contributed by atoms with E-state index >= 15 is 0 Å². The van der Waals surface area contributed by atoms with Crippen molar-refractivity contribution in [2.45, 2.75) is 11.4 Å². The Balaban J connectivity index is 1.85. The second kappa shape index (κ2) is 7.73. The molecule has 0 bridgehead atoms. The number of sulfonamides is 1. The lowest BCUT2D eigenvalue weighted by atomic mass is 10.2. The molecule has 1 heterocycles. The van der Waals surface area contributed by atoms with Gasteiger partial charge in [0, 0.05) is 31.5 Å². The minimum absolute atomic E-state index is 0.0665. The lowest BCUT2D eigenvalue weighted by Gasteiger charge is -2.19. The van der Waals surface area contributed by atoms with Gasteiger partial charge in [-0.05, 0) is 36.4 Å². The van der Waals surface area contributed by atoms with Crippen LogP contribution in [-0.2, 0) is 16.6 Å². The SMILES string of the molecule is CN(C(=O)c1cccc(S(=O)(=O)N(C)Cc2ccn[nH]2)c1)c1ccccc1. The molecule has 7 nitrogen and oxygen atoms in total. The summed E-state index contributed by atoms with van der Waals surface area (Å²) in [6.07, 6.45) is 1.56. The molecular formula is C19H20N4O3S. The highest BCUT2D eigenvalue weighted by molar-refractivity contribution is 7.89. The van der Waals surface area contributed by atoms with E-state index < -0.39 is 10.0 Å². The number of rotatable bonds is 6. The van der Waals surface area contributed by atoms with Crippen LogP contribution >= 0.6 is 0 Å². The van der Waals surface area contributed by atoms with Crippen LogP contribution < -0.4 is 4.90 Å². The molecule has 1 amide bonds. The number of hydrogen-bond donors (Lipinski definition) is 1. The Morgan fingerprint density at radius 1 is 1.04 bits per heavy atom. The fourth-order valence-electron chi connectivity index (χ4n) is 2.63. The first-order valence-electron chi connectivity index (χ1n) is 8.27. The minimum atomic E-state index is -3.75. The molecule has 0 saturated carbocycles. The van der Waals surface area contributed by atoms with Crippen molar-refractivity contribution in [1.82, 2.24) is 14.5 Å².